The minimum absolute atomic E-state index is 0.00716. The van der Waals surface area contributed by atoms with E-state index in [-0.39, 0.29) is 11.9 Å². The van der Waals surface area contributed by atoms with E-state index in [4.69, 9.17) is 9.15 Å². The molecule has 2 N–H and O–H groups in total. The predicted molar refractivity (Wildman–Crippen MR) is 67.0 cm³/mol. The van der Waals surface area contributed by atoms with Gasteiger partial charge in [-0.25, -0.2) is 0 Å². The third-order valence-electron chi connectivity index (χ3n) is 3.32. The smallest absolute Gasteiger partial charge is 0.237 e. The van der Waals surface area contributed by atoms with Crippen LogP contribution in [0.3, 0.4) is 0 Å². The van der Waals surface area contributed by atoms with E-state index in [1.165, 1.54) is 0 Å². The van der Waals surface area contributed by atoms with Gasteiger partial charge in [0, 0.05) is 13.2 Å². The van der Waals surface area contributed by atoms with Crippen LogP contribution in [-0.2, 0) is 16.1 Å². The second-order valence-corrected chi connectivity index (χ2v) is 4.71. The average molecular weight is 252 g/mol. The Balaban J connectivity index is 1.66. The van der Waals surface area contributed by atoms with Gasteiger partial charge in [0.25, 0.3) is 0 Å². The Hall–Kier alpha value is -1.33. The molecule has 100 valence electrons. The molecular formula is C13H20N2O3. The van der Waals surface area contributed by atoms with E-state index in [0.29, 0.717) is 18.7 Å². The molecule has 1 amide bonds. The summed E-state index contributed by atoms with van der Waals surface area (Å²) in [6.45, 7) is 2.31. The zero-order chi connectivity index (χ0) is 13.0. The molecule has 1 heterocycles. The van der Waals surface area contributed by atoms with Crippen LogP contribution in [0.25, 0.3) is 0 Å². The molecule has 1 fully saturated rings. The lowest BCUT2D eigenvalue weighted by molar-refractivity contribution is -0.123. The lowest BCUT2D eigenvalue weighted by Gasteiger charge is -2.36. The van der Waals surface area contributed by atoms with Crippen molar-refractivity contribution < 1.29 is 13.9 Å². The van der Waals surface area contributed by atoms with Crippen molar-refractivity contribution in [1.29, 1.82) is 0 Å². The quantitative estimate of drug-likeness (QED) is 0.794. The summed E-state index contributed by atoms with van der Waals surface area (Å²) in [5.41, 5.74) is 0. The molecule has 1 aromatic rings. The average Bonchev–Trinajstić information content (AvgIpc) is 2.82. The molecule has 0 aromatic carbocycles. The minimum Gasteiger partial charge on any atom is -0.467 e. The third kappa shape index (κ3) is 3.34. The van der Waals surface area contributed by atoms with E-state index < -0.39 is 0 Å². The Bertz CT molecular complexity index is 372. The summed E-state index contributed by atoms with van der Waals surface area (Å²) in [5.74, 6) is 0.755. The van der Waals surface area contributed by atoms with E-state index in [0.717, 1.165) is 18.6 Å². The first-order valence-electron chi connectivity index (χ1n) is 6.28. The summed E-state index contributed by atoms with van der Waals surface area (Å²) in [6.07, 6.45) is 3.90. The van der Waals surface area contributed by atoms with Crippen LogP contribution in [0.4, 0.5) is 0 Å². The lowest BCUT2D eigenvalue weighted by atomic mass is 9.88. The lowest BCUT2D eigenvalue weighted by Crippen LogP contribution is -2.52. The van der Waals surface area contributed by atoms with Crippen molar-refractivity contribution in [3.8, 4) is 0 Å². The maximum atomic E-state index is 11.8. The van der Waals surface area contributed by atoms with Crippen LogP contribution in [0.1, 0.15) is 25.5 Å². The molecule has 0 spiro atoms. The van der Waals surface area contributed by atoms with Gasteiger partial charge in [-0.15, -0.1) is 0 Å². The van der Waals surface area contributed by atoms with Crippen LogP contribution < -0.4 is 10.6 Å². The first-order chi connectivity index (χ1) is 8.69. The number of furan rings is 1. The van der Waals surface area contributed by atoms with Gasteiger partial charge in [-0.1, -0.05) is 0 Å². The van der Waals surface area contributed by atoms with Gasteiger partial charge in [0.15, 0.2) is 0 Å². The Labute approximate surface area is 107 Å². The molecule has 0 saturated heterocycles. The third-order valence-corrected chi connectivity index (χ3v) is 3.32. The molecule has 5 nitrogen and oxygen atoms in total. The van der Waals surface area contributed by atoms with Crippen molar-refractivity contribution in [2.24, 2.45) is 0 Å². The molecule has 0 bridgehead atoms. The topological polar surface area (TPSA) is 63.5 Å². The van der Waals surface area contributed by atoms with Crippen molar-refractivity contribution in [1.82, 2.24) is 10.6 Å². The van der Waals surface area contributed by atoms with Gasteiger partial charge < -0.3 is 19.8 Å². The fraction of sp³-hybridized carbons (Fsp3) is 0.615. The number of rotatable bonds is 6. The van der Waals surface area contributed by atoms with Crippen LogP contribution in [0, 0.1) is 0 Å². The maximum Gasteiger partial charge on any atom is 0.237 e. The van der Waals surface area contributed by atoms with Gasteiger partial charge in [0.05, 0.1) is 25.0 Å². The van der Waals surface area contributed by atoms with E-state index in [1.54, 1.807) is 13.4 Å². The number of ether oxygens (including phenoxy) is 1. The molecular weight excluding hydrogens is 232 g/mol. The number of hydrogen-bond acceptors (Lipinski definition) is 4. The Morgan fingerprint density at radius 2 is 2.39 bits per heavy atom. The van der Waals surface area contributed by atoms with Crippen molar-refractivity contribution in [2.75, 3.05) is 7.11 Å². The monoisotopic (exact) mass is 252 g/mol. The second-order valence-electron chi connectivity index (χ2n) is 4.71. The number of carbonyl (C=O) groups is 1. The number of carbonyl (C=O) groups excluding carboxylic acids is 1. The van der Waals surface area contributed by atoms with Crippen LogP contribution in [-0.4, -0.2) is 31.2 Å². The van der Waals surface area contributed by atoms with Gasteiger partial charge in [0.2, 0.25) is 5.91 Å². The Kier molecular flexibility index (Phi) is 4.38. The molecule has 1 aromatic heterocycles. The highest BCUT2D eigenvalue weighted by Gasteiger charge is 2.30. The molecule has 0 radical (unpaired) electrons. The highest BCUT2D eigenvalue weighted by Crippen LogP contribution is 2.22. The SMILES string of the molecule is COC1CC(NC(C)C(=O)NCc2ccco2)C1. The molecule has 1 unspecified atom stereocenters. The van der Waals surface area contributed by atoms with E-state index in [1.807, 2.05) is 19.1 Å². The molecule has 1 aliphatic carbocycles. The van der Waals surface area contributed by atoms with Crippen LogP contribution in [0.15, 0.2) is 22.8 Å². The summed E-state index contributed by atoms with van der Waals surface area (Å²) in [4.78, 5) is 11.8. The predicted octanol–water partition coefficient (Wildman–Crippen LogP) is 1.05. The first-order valence-corrected chi connectivity index (χ1v) is 6.28. The van der Waals surface area contributed by atoms with Gasteiger partial charge in [-0.3, -0.25) is 4.79 Å². The van der Waals surface area contributed by atoms with E-state index >= 15 is 0 Å². The number of nitrogens with one attached hydrogen (secondary N) is 2. The Morgan fingerprint density at radius 1 is 1.61 bits per heavy atom. The molecule has 1 saturated carbocycles. The van der Waals surface area contributed by atoms with Crippen molar-refractivity contribution in [3.63, 3.8) is 0 Å². The zero-order valence-electron chi connectivity index (χ0n) is 10.8. The molecule has 1 atom stereocenters. The highest BCUT2D eigenvalue weighted by molar-refractivity contribution is 5.81. The number of hydrogen-bond donors (Lipinski definition) is 2. The van der Waals surface area contributed by atoms with Crippen molar-refractivity contribution in [2.45, 2.75) is 44.5 Å². The second kappa shape index (κ2) is 6.02. The van der Waals surface area contributed by atoms with Crippen molar-refractivity contribution >= 4 is 5.91 Å². The highest BCUT2D eigenvalue weighted by atomic mass is 16.5. The summed E-state index contributed by atoms with van der Waals surface area (Å²) < 4.78 is 10.4. The van der Waals surface area contributed by atoms with Gasteiger partial charge in [-0.05, 0) is 31.9 Å². The Morgan fingerprint density at radius 3 is 3.00 bits per heavy atom. The van der Waals surface area contributed by atoms with Gasteiger partial charge in [0.1, 0.15) is 5.76 Å². The van der Waals surface area contributed by atoms with Crippen LogP contribution in [0.2, 0.25) is 0 Å². The molecule has 18 heavy (non-hydrogen) atoms. The molecule has 1 aliphatic rings. The van der Waals surface area contributed by atoms with Gasteiger partial charge >= 0.3 is 0 Å². The van der Waals surface area contributed by atoms with Crippen LogP contribution >= 0.6 is 0 Å². The minimum atomic E-state index is -0.192. The van der Waals surface area contributed by atoms with Gasteiger partial charge in [-0.2, -0.15) is 0 Å². The summed E-state index contributed by atoms with van der Waals surface area (Å²) in [7, 11) is 1.72. The fourth-order valence-corrected chi connectivity index (χ4v) is 2.06. The molecule has 0 aliphatic heterocycles. The van der Waals surface area contributed by atoms with E-state index in [9.17, 15) is 4.79 Å². The largest absolute Gasteiger partial charge is 0.467 e. The summed E-state index contributed by atoms with van der Waals surface area (Å²) in [6, 6.07) is 3.85. The maximum absolute atomic E-state index is 11.8. The van der Waals surface area contributed by atoms with E-state index in [2.05, 4.69) is 10.6 Å². The molecule has 2 rings (SSSR count). The summed E-state index contributed by atoms with van der Waals surface area (Å²) in [5, 5.41) is 6.12. The fourth-order valence-electron chi connectivity index (χ4n) is 2.06. The molecule has 5 heteroatoms. The normalized spacial score (nSPS) is 24.3. The number of amides is 1. The summed E-state index contributed by atoms with van der Waals surface area (Å²) >= 11 is 0. The zero-order valence-corrected chi connectivity index (χ0v) is 10.8. The van der Waals surface area contributed by atoms with Crippen LogP contribution in [0.5, 0.6) is 0 Å². The standard InChI is InChI=1S/C13H20N2O3/c1-9(15-10-6-12(7-10)17-2)13(16)14-8-11-4-3-5-18-11/h3-5,9-10,12,15H,6-8H2,1-2H3,(H,14,16). The number of methoxy groups -OCH3 is 1. The first kappa shape index (κ1) is 13.1. The van der Waals surface area contributed by atoms with Crippen molar-refractivity contribution in [3.05, 3.63) is 24.2 Å².